The molecule has 0 aliphatic rings. The minimum atomic E-state index is -0.986. The summed E-state index contributed by atoms with van der Waals surface area (Å²) in [6.45, 7) is 2.12. The van der Waals surface area contributed by atoms with Gasteiger partial charge in [-0.1, -0.05) is 73.7 Å². The van der Waals surface area contributed by atoms with Crippen LogP contribution in [0.15, 0.2) is 108 Å². The summed E-state index contributed by atoms with van der Waals surface area (Å²) in [6, 6.07) is 28.5. The molecular formula is C30H24O5. The van der Waals surface area contributed by atoms with Gasteiger partial charge in [0.05, 0.1) is 6.26 Å². The van der Waals surface area contributed by atoms with Gasteiger partial charge in [-0.05, 0) is 70.2 Å². The van der Waals surface area contributed by atoms with Crippen LogP contribution in [0.4, 0.5) is 0 Å². The number of furan rings is 1. The lowest BCUT2D eigenvalue weighted by Crippen LogP contribution is -2.07. The number of hydrogen-bond donors (Lipinski definition) is 1. The first-order chi connectivity index (χ1) is 17.0. The fourth-order valence-corrected chi connectivity index (χ4v) is 3.85. The van der Waals surface area contributed by atoms with E-state index < -0.39 is 11.9 Å². The monoisotopic (exact) mass is 464 g/mol. The van der Waals surface area contributed by atoms with Crippen molar-refractivity contribution in [1.82, 2.24) is 0 Å². The van der Waals surface area contributed by atoms with Gasteiger partial charge in [-0.2, -0.15) is 0 Å². The van der Waals surface area contributed by atoms with Crippen molar-refractivity contribution in [1.29, 1.82) is 0 Å². The van der Waals surface area contributed by atoms with E-state index in [0.29, 0.717) is 5.75 Å². The van der Waals surface area contributed by atoms with Gasteiger partial charge >= 0.3 is 11.9 Å². The van der Waals surface area contributed by atoms with E-state index in [4.69, 9.17) is 14.3 Å². The topological polar surface area (TPSA) is 76.7 Å². The third-order valence-electron chi connectivity index (χ3n) is 5.47. The molecule has 0 aliphatic heterocycles. The number of esters is 1. The second-order valence-corrected chi connectivity index (χ2v) is 7.76. The minimum absolute atomic E-state index is 0.143. The molecule has 35 heavy (non-hydrogen) atoms. The van der Waals surface area contributed by atoms with Crippen molar-refractivity contribution in [2.75, 3.05) is 0 Å². The minimum Gasteiger partial charge on any atom is -0.478 e. The summed E-state index contributed by atoms with van der Waals surface area (Å²) in [5.74, 6) is -0.979. The van der Waals surface area contributed by atoms with Gasteiger partial charge in [0.2, 0.25) is 5.76 Å². The van der Waals surface area contributed by atoms with Gasteiger partial charge in [-0.3, -0.25) is 0 Å². The first-order valence-corrected chi connectivity index (χ1v) is 11.2. The van der Waals surface area contributed by atoms with Crippen LogP contribution >= 0.6 is 0 Å². The predicted octanol–water partition coefficient (Wildman–Crippen LogP) is 6.97. The second-order valence-electron chi connectivity index (χ2n) is 7.76. The SMILES string of the molecule is CC/C(=C(\c1ccc(/C=C/C(=O)O)cc1)c1ccc(OC(=O)c2ccco2)cc1)c1ccccc1. The fraction of sp³-hybridized carbons (Fsp3) is 0.0667. The van der Waals surface area contributed by atoms with Gasteiger partial charge in [0.15, 0.2) is 0 Å². The Morgan fingerprint density at radius 3 is 2.06 bits per heavy atom. The summed E-state index contributed by atoms with van der Waals surface area (Å²) in [5, 5.41) is 8.90. The van der Waals surface area contributed by atoms with Crippen molar-refractivity contribution < 1.29 is 23.8 Å². The number of carboxylic acids is 1. The van der Waals surface area contributed by atoms with Crippen molar-refractivity contribution in [3.63, 3.8) is 0 Å². The summed E-state index contributed by atoms with van der Waals surface area (Å²) in [7, 11) is 0. The molecule has 1 aromatic heterocycles. The van der Waals surface area contributed by atoms with E-state index in [1.807, 2.05) is 54.6 Å². The zero-order valence-electron chi connectivity index (χ0n) is 19.2. The highest BCUT2D eigenvalue weighted by Crippen LogP contribution is 2.35. The van der Waals surface area contributed by atoms with E-state index >= 15 is 0 Å². The molecule has 0 amide bonds. The largest absolute Gasteiger partial charge is 0.478 e. The average molecular weight is 465 g/mol. The van der Waals surface area contributed by atoms with Crippen LogP contribution in [0.5, 0.6) is 5.75 Å². The molecule has 0 fully saturated rings. The zero-order valence-corrected chi connectivity index (χ0v) is 19.2. The molecule has 0 spiro atoms. The maximum Gasteiger partial charge on any atom is 0.379 e. The highest BCUT2D eigenvalue weighted by molar-refractivity contribution is 5.99. The summed E-state index contributed by atoms with van der Waals surface area (Å²) >= 11 is 0. The van der Waals surface area contributed by atoms with Crippen LogP contribution in [-0.2, 0) is 4.79 Å². The molecule has 5 nitrogen and oxygen atoms in total. The number of carbonyl (C=O) groups is 2. The fourth-order valence-electron chi connectivity index (χ4n) is 3.85. The third-order valence-corrected chi connectivity index (χ3v) is 5.47. The molecular weight excluding hydrogens is 440 g/mol. The van der Waals surface area contributed by atoms with Crippen molar-refractivity contribution in [2.24, 2.45) is 0 Å². The first-order valence-electron chi connectivity index (χ1n) is 11.2. The normalized spacial score (nSPS) is 11.8. The first kappa shape index (κ1) is 23.5. The predicted molar refractivity (Wildman–Crippen MR) is 136 cm³/mol. The smallest absolute Gasteiger partial charge is 0.379 e. The lowest BCUT2D eigenvalue weighted by Gasteiger charge is -2.17. The van der Waals surface area contributed by atoms with Gasteiger partial charge < -0.3 is 14.3 Å². The standard InChI is InChI=1S/C30H24O5/c1-2-26(22-7-4-3-5-8-22)29(23-13-10-21(11-14-23)12-19-28(31)32)24-15-17-25(18-16-24)35-30(33)27-9-6-20-34-27/h3-20H,2H2,1H3,(H,31,32)/b19-12+,29-26-. The molecule has 1 heterocycles. The number of carboxylic acid groups (broad SMARTS) is 1. The molecule has 1 N–H and O–H groups in total. The number of allylic oxidation sites excluding steroid dienone is 1. The molecule has 0 unspecified atom stereocenters. The summed E-state index contributed by atoms with van der Waals surface area (Å²) in [6.07, 6.45) is 4.91. The van der Waals surface area contributed by atoms with Crippen LogP contribution in [-0.4, -0.2) is 17.0 Å². The van der Waals surface area contributed by atoms with Gasteiger partial charge in [0, 0.05) is 6.08 Å². The highest BCUT2D eigenvalue weighted by Gasteiger charge is 2.15. The second kappa shape index (κ2) is 11.0. The van der Waals surface area contributed by atoms with Crippen LogP contribution in [0.2, 0.25) is 0 Å². The number of hydrogen-bond acceptors (Lipinski definition) is 4. The molecule has 3 aromatic carbocycles. The Morgan fingerprint density at radius 2 is 1.49 bits per heavy atom. The molecule has 4 aromatic rings. The van der Waals surface area contributed by atoms with Crippen LogP contribution in [0.3, 0.4) is 0 Å². The van der Waals surface area contributed by atoms with Crippen LogP contribution < -0.4 is 4.74 Å². The third kappa shape index (κ3) is 5.84. The number of rotatable bonds is 8. The van der Waals surface area contributed by atoms with E-state index in [0.717, 1.165) is 40.3 Å². The van der Waals surface area contributed by atoms with Crippen LogP contribution in [0, 0.1) is 0 Å². The number of ether oxygens (including phenoxy) is 1. The number of carbonyl (C=O) groups excluding carboxylic acids is 1. The van der Waals surface area contributed by atoms with E-state index in [2.05, 4.69) is 19.1 Å². The Hall–Kier alpha value is -4.64. The van der Waals surface area contributed by atoms with E-state index in [9.17, 15) is 9.59 Å². The summed E-state index contributed by atoms with van der Waals surface area (Å²) in [4.78, 5) is 23.1. The van der Waals surface area contributed by atoms with Crippen LogP contribution in [0.25, 0.3) is 17.2 Å². The average Bonchev–Trinajstić information content (AvgIpc) is 3.43. The molecule has 5 heteroatoms. The van der Waals surface area contributed by atoms with Gasteiger partial charge in [0.25, 0.3) is 0 Å². The van der Waals surface area contributed by atoms with Crippen molar-refractivity contribution >= 4 is 29.2 Å². The van der Waals surface area contributed by atoms with Gasteiger partial charge in [0.1, 0.15) is 5.75 Å². The zero-order chi connectivity index (χ0) is 24.6. The summed E-state index contributed by atoms with van der Waals surface area (Å²) in [5.41, 5.74) is 6.11. The molecule has 0 atom stereocenters. The van der Waals surface area contributed by atoms with Gasteiger partial charge in [-0.15, -0.1) is 0 Å². The Bertz CT molecular complexity index is 1340. The lowest BCUT2D eigenvalue weighted by atomic mass is 9.88. The Morgan fingerprint density at radius 1 is 0.829 bits per heavy atom. The quantitative estimate of drug-likeness (QED) is 0.132. The number of benzene rings is 3. The van der Waals surface area contributed by atoms with E-state index in [-0.39, 0.29) is 5.76 Å². The molecule has 0 saturated heterocycles. The summed E-state index contributed by atoms with van der Waals surface area (Å²) < 4.78 is 10.5. The van der Waals surface area contributed by atoms with E-state index in [1.54, 1.807) is 30.3 Å². The molecule has 174 valence electrons. The van der Waals surface area contributed by atoms with E-state index in [1.165, 1.54) is 11.8 Å². The molecule has 0 radical (unpaired) electrons. The maximum absolute atomic E-state index is 12.2. The van der Waals surface area contributed by atoms with Crippen molar-refractivity contribution in [2.45, 2.75) is 13.3 Å². The van der Waals surface area contributed by atoms with Gasteiger partial charge in [-0.25, -0.2) is 9.59 Å². The Balaban J connectivity index is 1.73. The molecule has 0 bridgehead atoms. The lowest BCUT2D eigenvalue weighted by molar-refractivity contribution is -0.131. The molecule has 0 aliphatic carbocycles. The van der Waals surface area contributed by atoms with Crippen molar-refractivity contribution in [3.8, 4) is 5.75 Å². The Kier molecular flexibility index (Phi) is 7.38. The maximum atomic E-state index is 12.2. The van der Waals surface area contributed by atoms with Crippen LogP contribution in [0.1, 0.15) is 46.2 Å². The highest BCUT2D eigenvalue weighted by atomic mass is 16.5. The molecule has 4 rings (SSSR count). The molecule has 0 saturated carbocycles. The number of aliphatic carboxylic acids is 1. The van der Waals surface area contributed by atoms with Crippen molar-refractivity contribution in [3.05, 3.63) is 131 Å². The Labute approximate surface area is 203 Å².